The van der Waals surface area contributed by atoms with Crippen LogP contribution in [0.15, 0.2) is 18.2 Å². The Hall–Kier alpha value is -1.21. The summed E-state index contributed by atoms with van der Waals surface area (Å²) in [5.41, 5.74) is -0.000482. The summed E-state index contributed by atoms with van der Waals surface area (Å²) in [7, 11) is -2.79. The topological polar surface area (TPSA) is 46.6 Å². The van der Waals surface area contributed by atoms with Gasteiger partial charge in [-0.1, -0.05) is 0 Å². The molecule has 1 aromatic rings. The van der Waals surface area contributed by atoms with E-state index in [1.807, 2.05) is 6.92 Å². The second-order valence-electron chi connectivity index (χ2n) is 6.84. The van der Waals surface area contributed by atoms with Crippen molar-refractivity contribution in [3.8, 4) is 5.75 Å². The van der Waals surface area contributed by atoms with Crippen molar-refractivity contribution in [3.05, 3.63) is 29.8 Å². The van der Waals surface area contributed by atoms with Crippen LogP contribution < -0.4 is 4.74 Å². The maximum Gasteiger partial charge on any atom is 0.162 e. The fourth-order valence-corrected chi connectivity index (χ4v) is 5.93. The van der Waals surface area contributed by atoms with E-state index in [-0.39, 0.29) is 11.5 Å². The van der Waals surface area contributed by atoms with Crippen LogP contribution in [0.2, 0.25) is 0 Å². The molecule has 0 unspecified atom stereocenters. The van der Waals surface area contributed by atoms with Crippen molar-refractivity contribution in [2.24, 2.45) is 5.41 Å². The van der Waals surface area contributed by atoms with Gasteiger partial charge < -0.3 is 4.74 Å². The first kappa shape index (κ1) is 16.6. The smallest absolute Gasteiger partial charge is 0.162 e. The summed E-state index contributed by atoms with van der Waals surface area (Å²) in [5, 5.41) is 0. The fraction of sp³-hybridized carbons (Fsp3) is 0.625. The van der Waals surface area contributed by atoms with Crippen molar-refractivity contribution >= 4 is 9.84 Å². The molecule has 0 aliphatic carbocycles. The molecule has 2 heterocycles. The monoisotopic (exact) mass is 345 g/mol. The van der Waals surface area contributed by atoms with Gasteiger partial charge in [0.05, 0.1) is 11.5 Å². The van der Waals surface area contributed by atoms with Crippen LogP contribution in [0, 0.1) is 17.0 Å². The van der Waals surface area contributed by atoms with Crippen LogP contribution in [-0.4, -0.2) is 50.6 Å². The van der Waals surface area contributed by atoms with Crippen molar-refractivity contribution in [2.45, 2.75) is 25.9 Å². The second-order valence-corrected chi connectivity index (χ2v) is 8.90. The summed E-state index contributed by atoms with van der Waals surface area (Å²) >= 11 is 0. The van der Waals surface area contributed by atoms with Gasteiger partial charge >= 0.3 is 0 Å². The van der Waals surface area contributed by atoms with Crippen LogP contribution >= 0.6 is 0 Å². The van der Waals surface area contributed by atoms with Crippen molar-refractivity contribution < 1.29 is 21.9 Å². The van der Waals surface area contributed by atoms with Crippen LogP contribution in [-0.2, 0) is 9.84 Å². The summed E-state index contributed by atoms with van der Waals surface area (Å²) in [6, 6.07) is 3.52. The standard InChI is InChI=1S/C16H21F2NO3S/c1-12(22-13-2-3-14(17)15(18)8-13)9-19-6-4-16(5-7-19)10-23(20,21)11-16/h2-3,8,12H,4-7,9-11H2,1H3/t12-/m1/s1. The van der Waals surface area contributed by atoms with Gasteiger partial charge in [-0.15, -0.1) is 0 Å². The van der Waals surface area contributed by atoms with Gasteiger partial charge in [-0.3, -0.25) is 4.90 Å². The molecule has 2 fully saturated rings. The number of nitrogens with zero attached hydrogens (tertiary/aromatic N) is 1. The normalized spacial score (nSPS) is 24.1. The lowest BCUT2D eigenvalue weighted by atomic mass is 9.81. The molecule has 2 aliphatic rings. The summed E-state index contributed by atoms with van der Waals surface area (Å²) < 4.78 is 54.5. The van der Waals surface area contributed by atoms with E-state index in [4.69, 9.17) is 4.74 Å². The van der Waals surface area contributed by atoms with Gasteiger partial charge in [0.25, 0.3) is 0 Å². The van der Waals surface area contributed by atoms with Crippen molar-refractivity contribution in [1.29, 1.82) is 0 Å². The second kappa shape index (κ2) is 6.02. The van der Waals surface area contributed by atoms with Gasteiger partial charge in [0.15, 0.2) is 21.5 Å². The van der Waals surface area contributed by atoms with Gasteiger partial charge in [0.2, 0.25) is 0 Å². The number of sulfone groups is 1. The van der Waals surface area contributed by atoms with E-state index in [2.05, 4.69) is 4.90 Å². The first-order valence-corrected chi connectivity index (χ1v) is 9.64. The Morgan fingerprint density at radius 3 is 2.43 bits per heavy atom. The lowest BCUT2D eigenvalue weighted by molar-refractivity contribution is 0.0847. The highest BCUT2D eigenvalue weighted by atomic mass is 32.2. The minimum Gasteiger partial charge on any atom is -0.489 e. The molecule has 0 amide bonds. The van der Waals surface area contributed by atoms with E-state index in [1.54, 1.807) is 0 Å². The third kappa shape index (κ3) is 3.83. The molecular weight excluding hydrogens is 324 g/mol. The van der Waals surface area contributed by atoms with Crippen LogP contribution in [0.1, 0.15) is 19.8 Å². The number of hydrogen-bond acceptors (Lipinski definition) is 4. The summed E-state index contributed by atoms with van der Waals surface area (Å²) in [5.74, 6) is -0.832. The van der Waals surface area contributed by atoms with E-state index in [1.165, 1.54) is 6.07 Å². The molecular formula is C16H21F2NO3S. The highest BCUT2D eigenvalue weighted by molar-refractivity contribution is 7.92. The van der Waals surface area contributed by atoms with Crippen molar-refractivity contribution in [3.63, 3.8) is 0 Å². The number of hydrogen-bond donors (Lipinski definition) is 0. The van der Waals surface area contributed by atoms with Gasteiger partial charge in [-0.25, -0.2) is 17.2 Å². The molecule has 0 aromatic heterocycles. The Balaban J connectivity index is 1.48. The van der Waals surface area contributed by atoms with Gasteiger partial charge in [-0.2, -0.15) is 0 Å². The van der Waals surface area contributed by atoms with Crippen LogP contribution in [0.4, 0.5) is 8.78 Å². The van der Waals surface area contributed by atoms with Crippen LogP contribution in [0.25, 0.3) is 0 Å². The average Bonchev–Trinajstić information content (AvgIpc) is 2.43. The van der Waals surface area contributed by atoms with Crippen LogP contribution in [0.3, 0.4) is 0 Å². The molecule has 0 radical (unpaired) electrons. The Kier molecular flexibility index (Phi) is 4.35. The average molecular weight is 345 g/mol. The lowest BCUT2D eigenvalue weighted by Crippen LogP contribution is -2.55. The Bertz CT molecular complexity index is 671. The molecule has 1 spiro atoms. The summed E-state index contributed by atoms with van der Waals surface area (Å²) in [6.45, 7) is 4.27. The van der Waals surface area contributed by atoms with Crippen molar-refractivity contribution in [1.82, 2.24) is 4.90 Å². The predicted molar refractivity (Wildman–Crippen MR) is 83.2 cm³/mol. The fourth-order valence-electron chi connectivity index (χ4n) is 3.57. The predicted octanol–water partition coefficient (Wildman–Crippen LogP) is 2.24. The highest BCUT2D eigenvalue weighted by Crippen LogP contribution is 2.42. The Labute approximate surface area is 135 Å². The zero-order valence-corrected chi connectivity index (χ0v) is 13.9. The maximum absolute atomic E-state index is 13.2. The van der Waals surface area contributed by atoms with E-state index in [0.29, 0.717) is 23.8 Å². The molecule has 7 heteroatoms. The van der Waals surface area contributed by atoms with E-state index < -0.39 is 21.5 Å². The van der Waals surface area contributed by atoms with E-state index >= 15 is 0 Å². The molecule has 2 aliphatic heterocycles. The van der Waals surface area contributed by atoms with Gasteiger partial charge in [0, 0.05) is 18.0 Å². The molecule has 0 saturated carbocycles. The van der Waals surface area contributed by atoms with E-state index in [0.717, 1.165) is 38.1 Å². The number of benzene rings is 1. The SMILES string of the molecule is C[C@H](CN1CCC2(CC1)CS(=O)(=O)C2)Oc1ccc(F)c(F)c1. The molecule has 128 valence electrons. The Morgan fingerprint density at radius 2 is 1.87 bits per heavy atom. The minimum atomic E-state index is -2.79. The third-order valence-corrected chi connectivity index (χ3v) is 6.82. The van der Waals surface area contributed by atoms with Crippen LogP contribution in [0.5, 0.6) is 5.75 Å². The number of halogens is 2. The first-order chi connectivity index (χ1) is 10.8. The third-order valence-electron chi connectivity index (χ3n) is 4.71. The maximum atomic E-state index is 13.2. The summed E-state index contributed by atoms with van der Waals surface area (Å²) in [6.07, 6.45) is 1.63. The highest BCUT2D eigenvalue weighted by Gasteiger charge is 2.49. The molecule has 2 saturated heterocycles. The van der Waals surface area contributed by atoms with Gasteiger partial charge in [-0.05, 0) is 45.0 Å². The molecule has 23 heavy (non-hydrogen) atoms. The molecule has 3 rings (SSSR count). The first-order valence-electron chi connectivity index (χ1n) is 7.82. The molecule has 0 N–H and O–H groups in total. The quantitative estimate of drug-likeness (QED) is 0.840. The molecule has 0 bridgehead atoms. The zero-order valence-electron chi connectivity index (χ0n) is 13.1. The Morgan fingerprint density at radius 1 is 1.22 bits per heavy atom. The number of likely N-dealkylation sites (tertiary alicyclic amines) is 1. The minimum absolute atomic E-state index is 0.000482. The molecule has 1 atom stereocenters. The van der Waals surface area contributed by atoms with E-state index in [9.17, 15) is 17.2 Å². The summed E-state index contributed by atoms with van der Waals surface area (Å²) in [4.78, 5) is 2.24. The number of piperidine rings is 1. The molecule has 4 nitrogen and oxygen atoms in total. The van der Waals surface area contributed by atoms with Crippen molar-refractivity contribution in [2.75, 3.05) is 31.1 Å². The number of ether oxygens (including phenoxy) is 1. The largest absolute Gasteiger partial charge is 0.489 e. The number of rotatable bonds is 4. The molecule has 1 aromatic carbocycles. The van der Waals surface area contributed by atoms with Gasteiger partial charge in [0.1, 0.15) is 11.9 Å². The lowest BCUT2D eigenvalue weighted by Gasteiger charge is -2.47. The zero-order chi connectivity index (χ0) is 16.7.